The van der Waals surface area contributed by atoms with Gasteiger partial charge in [-0.3, -0.25) is 48.2 Å². The van der Waals surface area contributed by atoms with Crippen molar-refractivity contribution in [3.63, 3.8) is 0 Å². The third-order valence-corrected chi connectivity index (χ3v) is 19.9. The number of benzene rings is 2. The standard InChI is InChI=1S/C37H53N5O7S.C37H55N5O5S/c1-22(2)30(42(8)36(46)32(23(3)4)40-34(45)29-16-12-13-17-41(29)7)20-31(49-25(6)43)35-39-28(21-50-35)33(44)38-27(18-24(5)37(47)48)19-26-14-10-9-11-15-26;1-23(2)19-28(20-27-15-11-10-12-16-27)38-34(44)29-22-48-36(39-29)32(47-26(7)43)21-31(24(3)4)42(9)37(46)33(25(5)6)40-35(45)30-17-13-14-18-41(30)8/h9-11,14-15,18,21-23,27,29-32H,12-13,16-17,19-20H2,1-8H3,(H,38,44)(H,40,45)(H,47,48);10-12,15-16,19,22,24-25,28,30-33H,13-14,17-18,20-21H2,1-9H3,(H,38,44)(H,40,45)/b24-18+;/t27-,29-,30-,31-,32+;28-,30-,31-,32+,33+/m11/s1. The van der Waals surface area contributed by atoms with Gasteiger partial charge in [0, 0.05) is 69.2 Å². The van der Waals surface area contributed by atoms with Gasteiger partial charge in [0.1, 0.15) is 33.5 Å². The molecule has 0 bridgehead atoms. The highest BCUT2D eigenvalue weighted by atomic mass is 32.1. The molecule has 6 rings (SSSR count). The van der Waals surface area contributed by atoms with E-state index in [4.69, 9.17) is 9.47 Å². The molecule has 2 aromatic carbocycles. The topological polar surface area (TPSA) is 279 Å². The Kier molecular flexibility index (Phi) is 32.4. The minimum atomic E-state index is -1.08. The number of ether oxygens (including phenoxy) is 2. The zero-order valence-electron chi connectivity index (χ0n) is 60.6. The number of hydrogen-bond acceptors (Lipinski definition) is 17. The first-order chi connectivity index (χ1) is 46.3. The molecule has 6 amide bonds. The van der Waals surface area contributed by atoms with Crippen LogP contribution in [0.2, 0.25) is 0 Å². The van der Waals surface area contributed by atoms with Crippen LogP contribution in [0.3, 0.4) is 0 Å². The Morgan fingerprint density at radius 1 is 0.551 bits per heavy atom. The number of hydrogen-bond donors (Lipinski definition) is 5. The number of amides is 6. The van der Waals surface area contributed by atoms with Crippen molar-refractivity contribution < 1.29 is 57.7 Å². The van der Waals surface area contributed by atoms with E-state index in [0.29, 0.717) is 22.9 Å². The first-order valence-corrected chi connectivity index (χ1v) is 36.1. The van der Waals surface area contributed by atoms with Crippen LogP contribution in [-0.2, 0) is 55.9 Å². The lowest BCUT2D eigenvalue weighted by Gasteiger charge is -2.37. The van der Waals surface area contributed by atoms with Crippen molar-refractivity contribution in [2.75, 3.05) is 41.3 Å². The summed E-state index contributed by atoms with van der Waals surface area (Å²) in [5.74, 6) is -3.98. The van der Waals surface area contributed by atoms with Crippen LogP contribution in [0.5, 0.6) is 0 Å². The Balaban J connectivity index is 0.000000354. The molecular weight excluding hydrogens is 1290 g/mol. The number of carbonyl (C=O) groups excluding carboxylic acids is 8. The molecule has 4 aromatic rings. The molecule has 0 saturated carbocycles. The molecule has 2 fully saturated rings. The maximum atomic E-state index is 14.0. The van der Waals surface area contributed by atoms with Crippen molar-refractivity contribution in [1.82, 2.24) is 50.8 Å². The van der Waals surface area contributed by atoms with Gasteiger partial charge < -0.3 is 45.6 Å². The predicted octanol–water partition coefficient (Wildman–Crippen LogP) is 10.2. The summed E-state index contributed by atoms with van der Waals surface area (Å²) in [6.45, 7) is 25.4. The number of aromatic nitrogens is 2. The molecule has 22 nitrogen and oxygen atoms in total. The van der Waals surface area contributed by atoms with Crippen LogP contribution in [-0.4, -0.2) is 178 Å². The third-order valence-electron chi connectivity index (χ3n) is 18.0. The van der Waals surface area contributed by atoms with E-state index in [9.17, 15) is 48.3 Å². The fourth-order valence-corrected chi connectivity index (χ4v) is 14.2. The van der Waals surface area contributed by atoms with Crippen LogP contribution in [0, 0.1) is 23.7 Å². The number of rotatable bonds is 31. The maximum Gasteiger partial charge on any atom is 0.331 e. The third kappa shape index (κ3) is 24.9. The molecule has 2 aliphatic heterocycles. The maximum absolute atomic E-state index is 14.0. The van der Waals surface area contributed by atoms with Crippen molar-refractivity contribution in [3.8, 4) is 0 Å². The molecule has 0 unspecified atom stereocenters. The minimum Gasteiger partial charge on any atom is -0.478 e. The van der Waals surface area contributed by atoms with Crippen molar-refractivity contribution >= 4 is 76.0 Å². The minimum absolute atomic E-state index is 0.00412. The van der Waals surface area contributed by atoms with Gasteiger partial charge in [0.15, 0.2) is 12.2 Å². The highest BCUT2D eigenvalue weighted by Crippen LogP contribution is 2.33. The number of likely N-dealkylation sites (tertiary alicyclic amines) is 2. The lowest BCUT2D eigenvalue weighted by atomic mass is 9.94. The zero-order valence-corrected chi connectivity index (χ0v) is 62.2. The van der Waals surface area contributed by atoms with E-state index in [0.717, 1.165) is 79.7 Å². The van der Waals surface area contributed by atoms with Crippen molar-refractivity contribution in [2.45, 2.75) is 215 Å². The van der Waals surface area contributed by atoms with Gasteiger partial charge in [0.25, 0.3) is 11.8 Å². The van der Waals surface area contributed by atoms with E-state index < -0.39 is 60.2 Å². The molecule has 2 aromatic heterocycles. The molecule has 2 aliphatic rings. The van der Waals surface area contributed by atoms with Crippen LogP contribution in [0.15, 0.2) is 94.7 Å². The molecule has 5 N–H and O–H groups in total. The number of piperidine rings is 2. The number of likely N-dealkylation sites (N-methyl/N-ethyl adjacent to an activating group) is 4. The fraction of sp³-hybridized carbons (Fsp3) is 0.581. The summed E-state index contributed by atoms with van der Waals surface area (Å²) in [6.07, 6.45) is 8.99. The second-order valence-electron chi connectivity index (χ2n) is 27.7. The fourth-order valence-electron chi connectivity index (χ4n) is 12.5. The zero-order chi connectivity index (χ0) is 72.7. The number of aliphatic carboxylic acids is 1. The number of thiazole rings is 2. The van der Waals surface area contributed by atoms with Gasteiger partial charge in [-0.15, -0.1) is 22.7 Å². The Hall–Kier alpha value is -7.67. The number of carboxylic acid groups (broad SMARTS) is 1. The smallest absolute Gasteiger partial charge is 0.331 e. The number of nitrogens with zero attached hydrogens (tertiary/aromatic N) is 6. The van der Waals surface area contributed by atoms with Crippen LogP contribution >= 0.6 is 22.7 Å². The van der Waals surface area contributed by atoms with Crippen molar-refractivity contribution in [1.29, 1.82) is 0 Å². The van der Waals surface area contributed by atoms with Crippen LogP contribution in [0.4, 0.5) is 0 Å². The highest BCUT2D eigenvalue weighted by Gasteiger charge is 2.39. The predicted molar refractivity (Wildman–Crippen MR) is 383 cm³/mol. The van der Waals surface area contributed by atoms with E-state index in [2.05, 4.69) is 36.1 Å². The molecule has 24 heteroatoms. The monoisotopic (exact) mass is 1390 g/mol. The van der Waals surface area contributed by atoms with Gasteiger partial charge in [-0.2, -0.15) is 0 Å². The van der Waals surface area contributed by atoms with E-state index in [-0.39, 0.29) is 107 Å². The lowest BCUT2D eigenvalue weighted by Crippen LogP contribution is -2.57. The van der Waals surface area contributed by atoms with Crippen LogP contribution in [0.1, 0.15) is 196 Å². The summed E-state index contributed by atoms with van der Waals surface area (Å²) >= 11 is 2.42. The number of nitrogens with one attached hydrogen (secondary N) is 4. The molecule has 538 valence electrons. The Morgan fingerprint density at radius 3 is 1.23 bits per heavy atom. The molecule has 98 heavy (non-hydrogen) atoms. The Bertz CT molecular complexity index is 3350. The van der Waals surface area contributed by atoms with E-state index in [1.165, 1.54) is 38.2 Å². The summed E-state index contributed by atoms with van der Waals surface area (Å²) < 4.78 is 11.5. The SMILES string of the molecule is CC(=O)O[C@@H](C[C@H](C(C)C)N(C)C(=O)[C@@H](NC(=O)[C@H]1CCCCN1C)C(C)C)c1nc(C(=O)N[C@H](C=C(C)C)Cc2ccccc2)cs1.CC(=O)O[C@H](C[C@H](C(C)C)N(C)C(=O)[C@@H](NC(=O)[C@H]1CCCCN1C)C(C)C)c1nc(C(=O)N[C@H](/C=C(\C)C(=O)O)Cc2ccccc2)cs1. The molecule has 2 saturated heterocycles. The summed E-state index contributed by atoms with van der Waals surface area (Å²) in [5, 5.41) is 25.6. The molecule has 0 radical (unpaired) electrons. The summed E-state index contributed by atoms with van der Waals surface area (Å²) in [5.41, 5.74) is 3.55. The second kappa shape index (κ2) is 39.2. The molecular formula is C74H108N10O12S2. The van der Waals surface area contributed by atoms with E-state index in [1.807, 2.05) is 155 Å². The number of esters is 2. The van der Waals surface area contributed by atoms with Gasteiger partial charge in [-0.25, -0.2) is 14.8 Å². The first-order valence-electron chi connectivity index (χ1n) is 34.3. The van der Waals surface area contributed by atoms with Gasteiger partial charge in [-0.1, -0.05) is 147 Å². The molecule has 0 aliphatic carbocycles. The average molecular weight is 1390 g/mol. The summed E-state index contributed by atoms with van der Waals surface area (Å²) in [7, 11) is 7.32. The van der Waals surface area contributed by atoms with Gasteiger partial charge in [0.2, 0.25) is 23.6 Å². The number of allylic oxidation sites excluding steroid dienone is 1. The normalized spacial score (nSPS) is 17.7. The quantitative estimate of drug-likeness (QED) is 0.0178. The first kappa shape index (κ1) is 81.0. The number of carbonyl (C=O) groups is 9. The number of carboxylic acids is 1. The van der Waals surface area contributed by atoms with Crippen LogP contribution < -0.4 is 21.3 Å². The average Bonchev–Trinajstić information content (AvgIpc) is 1.33. The van der Waals surface area contributed by atoms with Gasteiger partial charge in [-0.05, 0) is 121 Å². The van der Waals surface area contributed by atoms with E-state index >= 15 is 0 Å². The molecule has 0 spiro atoms. The largest absolute Gasteiger partial charge is 0.478 e. The van der Waals surface area contributed by atoms with Gasteiger partial charge in [0.05, 0.1) is 24.2 Å². The summed E-state index contributed by atoms with van der Waals surface area (Å²) in [4.78, 5) is 134. The van der Waals surface area contributed by atoms with E-state index in [1.54, 1.807) is 34.7 Å². The molecule has 10 atom stereocenters. The lowest BCUT2D eigenvalue weighted by molar-refractivity contribution is -0.150. The Morgan fingerprint density at radius 2 is 0.918 bits per heavy atom. The van der Waals surface area contributed by atoms with Crippen LogP contribution in [0.25, 0.3) is 0 Å². The Labute approximate surface area is 588 Å². The van der Waals surface area contributed by atoms with Crippen molar-refractivity contribution in [3.05, 3.63) is 127 Å². The molecule has 4 heterocycles. The van der Waals surface area contributed by atoms with Gasteiger partial charge >= 0.3 is 17.9 Å². The second-order valence-corrected chi connectivity index (χ2v) is 29.5. The highest BCUT2D eigenvalue weighted by molar-refractivity contribution is 7.10. The summed E-state index contributed by atoms with van der Waals surface area (Å²) in [6, 6.07) is 15.8. The van der Waals surface area contributed by atoms with Crippen molar-refractivity contribution in [2.24, 2.45) is 23.7 Å².